The SMILES string of the molecule is CC1Cc2ccccc2N1C(=O)CN1C(=O)CSc2ccc(S(=O)(=O)N3CCCCC3)cc21.Cl. The Kier molecular flexibility index (Phi) is 7.28. The van der Waals surface area contributed by atoms with Gasteiger partial charge < -0.3 is 9.80 Å². The smallest absolute Gasteiger partial charge is 0.247 e. The van der Waals surface area contributed by atoms with Gasteiger partial charge >= 0.3 is 0 Å². The van der Waals surface area contributed by atoms with E-state index in [0.717, 1.165) is 41.8 Å². The van der Waals surface area contributed by atoms with Gasteiger partial charge in [0.25, 0.3) is 0 Å². The summed E-state index contributed by atoms with van der Waals surface area (Å²) in [5.41, 5.74) is 2.51. The monoisotopic (exact) mass is 521 g/mol. The van der Waals surface area contributed by atoms with Crippen LogP contribution in [0.3, 0.4) is 0 Å². The fraction of sp³-hybridized carbons (Fsp3) is 0.417. The Morgan fingerprint density at radius 3 is 2.56 bits per heavy atom. The second-order valence-electron chi connectivity index (χ2n) is 8.81. The summed E-state index contributed by atoms with van der Waals surface area (Å²) in [4.78, 5) is 30.5. The van der Waals surface area contributed by atoms with Gasteiger partial charge in [-0.3, -0.25) is 9.59 Å². The number of rotatable bonds is 4. The number of nitrogens with zero attached hydrogens (tertiary/aromatic N) is 3. The average molecular weight is 522 g/mol. The average Bonchev–Trinajstić information content (AvgIpc) is 3.16. The van der Waals surface area contributed by atoms with E-state index >= 15 is 0 Å². The van der Waals surface area contributed by atoms with E-state index in [2.05, 4.69) is 0 Å². The molecule has 5 rings (SSSR count). The van der Waals surface area contributed by atoms with Crippen LogP contribution < -0.4 is 9.80 Å². The summed E-state index contributed by atoms with van der Waals surface area (Å²) in [7, 11) is -3.64. The number of amides is 2. The molecule has 3 aliphatic heterocycles. The molecule has 1 atom stereocenters. The number of carbonyl (C=O) groups is 2. The van der Waals surface area contributed by atoms with Gasteiger partial charge in [-0.2, -0.15) is 4.31 Å². The number of piperidine rings is 1. The predicted molar refractivity (Wildman–Crippen MR) is 136 cm³/mol. The minimum Gasteiger partial charge on any atom is -0.307 e. The summed E-state index contributed by atoms with van der Waals surface area (Å²) in [6, 6.07) is 12.8. The number of thioether (sulfide) groups is 1. The van der Waals surface area contributed by atoms with Crippen LogP contribution in [0, 0.1) is 0 Å². The van der Waals surface area contributed by atoms with Gasteiger partial charge in [0.2, 0.25) is 21.8 Å². The van der Waals surface area contributed by atoms with E-state index in [9.17, 15) is 18.0 Å². The Bertz CT molecular complexity index is 1210. The van der Waals surface area contributed by atoms with E-state index in [4.69, 9.17) is 0 Å². The molecule has 3 heterocycles. The molecule has 1 unspecified atom stereocenters. The minimum atomic E-state index is -3.64. The third kappa shape index (κ3) is 4.46. The van der Waals surface area contributed by atoms with Crippen LogP contribution in [-0.2, 0) is 26.0 Å². The fourth-order valence-electron chi connectivity index (χ4n) is 4.93. The third-order valence-corrected chi connectivity index (χ3v) is 9.54. The van der Waals surface area contributed by atoms with Gasteiger partial charge in [-0.15, -0.1) is 24.2 Å². The molecule has 0 spiro atoms. The maximum atomic E-state index is 13.4. The Balaban J connectivity index is 0.00000274. The molecule has 0 N–H and O–H groups in total. The molecular weight excluding hydrogens is 494 g/mol. The molecule has 10 heteroatoms. The molecule has 0 saturated carbocycles. The summed E-state index contributed by atoms with van der Waals surface area (Å²) in [6.45, 7) is 2.92. The first-order chi connectivity index (χ1) is 15.9. The van der Waals surface area contributed by atoms with Crippen LogP contribution >= 0.6 is 24.2 Å². The Morgan fingerprint density at radius 1 is 1.06 bits per heavy atom. The summed E-state index contributed by atoms with van der Waals surface area (Å²) in [6.07, 6.45) is 3.53. The van der Waals surface area contributed by atoms with Crippen molar-refractivity contribution < 1.29 is 18.0 Å². The largest absolute Gasteiger partial charge is 0.307 e. The summed E-state index contributed by atoms with van der Waals surface area (Å²) in [5, 5.41) is 0. The molecular formula is C24H28ClN3O4S2. The molecule has 1 saturated heterocycles. The number of sulfonamides is 1. The fourth-order valence-corrected chi connectivity index (χ4v) is 7.38. The number of benzene rings is 2. The highest BCUT2D eigenvalue weighted by molar-refractivity contribution is 8.00. The van der Waals surface area contributed by atoms with Crippen LogP contribution in [0.5, 0.6) is 0 Å². The molecule has 2 amide bonds. The maximum Gasteiger partial charge on any atom is 0.247 e. The Labute approximate surface area is 210 Å². The summed E-state index contributed by atoms with van der Waals surface area (Å²) >= 11 is 1.38. The van der Waals surface area contributed by atoms with Crippen molar-refractivity contribution in [3.8, 4) is 0 Å². The third-order valence-electron chi connectivity index (χ3n) is 6.60. The summed E-state index contributed by atoms with van der Waals surface area (Å²) < 4.78 is 27.9. The molecule has 0 aromatic heterocycles. The molecule has 182 valence electrons. The van der Waals surface area contributed by atoms with Crippen molar-refractivity contribution in [1.82, 2.24) is 4.31 Å². The molecule has 0 radical (unpaired) electrons. The van der Waals surface area contributed by atoms with E-state index < -0.39 is 10.0 Å². The number of fused-ring (bicyclic) bond motifs is 2. The predicted octanol–water partition coefficient (Wildman–Crippen LogP) is 3.70. The van der Waals surface area contributed by atoms with Crippen molar-refractivity contribution in [3.05, 3.63) is 48.0 Å². The zero-order valence-corrected chi connectivity index (χ0v) is 21.4. The first-order valence-electron chi connectivity index (χ1n) is 11.3. The molecule has 3 aliphatic rings. The van der Waals surface area contributed by atoms with Gasteiger partial charge in [-0.25, -0.2) is 8.42 Å². The van der Waals surface area contributed by atoms with Crippen molar-refractivity contribution in [2.24, 2.45) is 0 Å². The van der Waals surface area contributed by atoms with Crippen molar-refractivity contribution in [2.75, 3.05) is 35.2 Å². The van der Waals surface area contributed by atoms with E-state index in [1.165, 1.54) is 21.0 Å². The zero-order valence-electron chi connectivity index (χ0n) is 19.0. The number of halogens is 1. The number of para-hydroxylation sites is 1. The van der Waals surface area contributed by atoms with Crippen molar-refractivity contribution in [3.63, 3.8) is 0 Å². The lowest BCUT2D eigenvalue weighted by molar-refractivity contribution is -0.121. The molecule has 0 bridgehead atoms. The standard InChI is InChI=1S/C24H27N3O4S2.ClH/c1-17-13-18-7-3-4-8-20(18)27(17)23(28)15-26-21-14-19(9-10-22(21)32-16-24(26)29)33(30,31)25-11-5-2-6-12-25;/h3-4,7-10,14,17H,2,5-6,11-13,15-16H2,1H3;1H. The molecule has 7 nitrogen and oxygen atoms in total. The van der Waals surface area contributed by atoms with Crippen molar-refractivity contribution in [1.29, 1.82) is 0 Å². The van der Waals surface area contributed by atoms with Gasteiger partial charge in [-0.1, -0.05) is 24.6 Å². The van der Waals surface area contributed by atoms with Crippen LogP contribution in [0.15, 0.2) is 52.3 Å². The summed E-state index contributed by atoms with van der Waals surface area (Å²) in [5.74, 6) is -0.124. The van der Waals surface area contributed by atoms with Gasteiger partial charge in [0.05, 0.1) is 16.3 Å². The number of hydrogen-bond acceptors (Lipinski definition) is 5. The minimum absolute atomic E-state index is 0. The van der Waals surface area contributed by atoms with E-state index in [1.807, 2.05) is 31.2 Å². The van der Waals surface area contributed by atoms with Crippen molar-refractivity contribution in [2.45, 2.75) is 48.4 Å². The van der Waals surface area contributed by atoms with Gasteiger partial charge in [0.15, 0.2) is 0 Å². The lowest BCUT2D eigenvalue weighted by Gasteiger charge is -2.32. The van der Waals surface area contributed by atoms with Crippen LogP contribution in [0.2, 0.25) is 0 Å². The Morgan fingerprint density at radius 2 is 1.79 bits per heavy atom. The zero-order chi connectivity index (χ0) is 23.2. The molecule has 34 heavy (non-hydrogen) atoms. The topological polar surface area (TPSA) is 78.0 Å². The van der Waals surface area contributed by atoms with Gasteiger partial charge in [0.1, 0.15) is 6.54 Å². The second kappa shape index (κ2) is 9.89. The van der Waals surface area contributed by atoms with Crippen molar-refractivity contribution >= 4 is 57.4 Å². The van der Waals surface area contributed by atoms with Gasteiger partial charge in [-0.05, 0) is 56.0 Å². The van der Waals surface area contributed by atoms with Crippen LogP contribution in [0.25, 0.3) is 0 Å². The highest BCUT2D eigenvalue weighted by Crippen LogP contribution is 2.38. The maximum absolute atomic E-state index is 13.4. The normalized spacial score (nSPS) is 20.5. The number of anilines is 2. The molecule has 2 aromatic carbocycles. The molecule has 1 fully saturated rings. The molecule has 2 aromatic rings. The van der Waals surface area contributed by atoms with Crippen LogP contribution in [-0.4, -0.2) is 56.0 Å². The Hall–Kier alpha value is -2.07. The molecule has 0 aliphatic carbocycles. The highest BCUT2D eigenvalue weighted by atomic mass is 35.5. The lowest BCUT2D eigenvalue weighted by atomic mass is 10.1. The lowest BCUT2D eigenvalue weighted by Crippen LogP contribution is -2.47. The quantitative estimate of drug-likeness (QED) is 0.613. The van der Waals surface area contributed by atoms with E-state index in [-0.39, 0.29) is 47.5 Å². The first kappa shape index (κ1) is 25.0. The van der Waals surface area contributed by atoms with E-state index in [1.54, 1.807) is 23.1 Å². The van der Waals surface area contributed by atoms with E-state index in [0.29, 0.717) is 18.8 Å². The van der Waals surface area contributed by atoms with Gasteiger partial charge in [0, 0.05) is 29.7 Å². The van der Waals surface area contributed by atoms with Crippen LogP contribution in [0.4, 0.5) is 11.4 Å². The first-order valence-corrected chi connectivity index (χ1v) is 13.8. The van der Waals surface area contributed by atoms with Crippen LogP contribution in [0.1, 0.15) is 31.7 Å². The second-order valence-corrected chi connectivity index (χ2v) is 11.8. The highest BCUT2D eigenvalue weighted by Gasteiger charge is 2.35. The number of hydrogen-bond donors (Lipinski definition) is 0. The number of carbonyl (C=O) groups excluding carboxylic acids is 2.